The molecule has 0 unspecified atom stereocenters. The summed E-state index contributed by atoms with van der Waals surface area (Å²) in [5, 5.41) is 2.67. The molecular formula is C37H36. The second-order valence-electron chi connectivity index (χ2n) is 12.7. The predicted octanol–water partition coefficient (Wildman–Crippen LogP) is 10.3. The van der Waals surface area contributed by atoms with E-state index in [4.69, 9.17) is 0 Å². The molecule has 0 saturated carbocycles. The van der Waals surface area contributed by atoms with Crippen LogP contribution in [0.5, 0.6) is 0 Å². The molecular weight excluding hydrogens is 444 g/mol. The average molecular weight is 481 g/mol. The van der Waals surface area contributed by atoms with Crippen LogP contribution in [0.1, 0.15) is 63.8 Å². The molecule has 184 valence electrons. The van der Waals surface area contributed by atoms with Gasteiger partial charge in [0.05, 0.1) is 0 Å². The molecule has 0 heterocycles. The third kappa shape index (κ3) is 4.19. The minimum absolute atomic E-state index is 0.147. The maximum Gasteiger partial charge on any atom is -0.00132 e. The molecule has 0 fully saturated rings. The lowest BCUT2D eigenvalue weighted by atomic mass is 9.84. The van der Waals surface area contributed by atoms with Gasteiger partial charge in [-0.25, -0.2) is 0 Å². The van der Waals surface area contributed by atoms with Crippen molar-refractivity contribution in [3.63, 3.8) is 0 Å². The fourth-order valence-electron chi connectivity index (χ4n) is 5.78. The van der Waals surface area contributed by atoms with Crippen LogP contribution < -0.4 is 0 Å². The smallest absolute Gasteiger partial charge is 0.00132 e. The monoisotopic (exact) mass is 480 g/mol. The maximum atomic E-state index is 2.46. The van der Waals surface area contributed by atoms with Gasteiger partial charge in [0.1, 0.15) is 0 Å². The molecule has 37 heavy (non-hydrogen) atoms. The highest BCUT2D eigenvalue weighted by molar-refractivity contribution is 6.07. The molecule has 0 aromatic heterocycles. The molecule has 0 amide bonds. The SMILES string of the molecule is CC(C)(C)c1ccc(-c2ccc(-c3ccc(C(C)(C)C)cc3)c3cc4c(cc23)Cc2ccccc2-4)cc1. The highest BCUT2D eigenvalue weighted by Gasteiger charge is 2.22. The first-order valence-corrected chi connectivity index (χ1v) is 13.5. The van der Waals surface area contributed by atoms with Crippen LogP contribution in [0.15, 0.2) is 97.1 Å². The molecule has 0 N–H and O–H groups in total. The van der Waals surface area contributed by atoms with Crippen molar-refractivity contribution in [1.29, 1.82) is 0 Å². The van der Waals surface area contributed by atoms with Gasteiger partial charge in [0.15, 0.2) is 0 Å². The molecule has 5 aromatic carbocycles. The molecule has 0 aliphatic heterocycles. The van der Waals surface area contributed by atoms with Gasteiger partial charge in [0.25, 0.3) is 0 Å². The standard InChI is InChI=1S/C37H36/c1-36(2,3)28-15-11-24(12-16-28)31-19-20-32(25-13-17-29(18-14-25)37(4,5)6)35-23-33-27(22-34(31)35)21-26-9-7-8-10-30(26)33/h7-20,22-23H,21H2,1-6H3. The second kappa shape index (κ2) is 8.45. The van der Waals surface area contributed by atoms with Crippen LogP contribution in [0.2, 0.25) is 0 Å². The van der Waals surface area contributed by atoms with Crippen LogP contribution >= 0.6 is 0 Å². The summed E-state index contributed by atoms with van der Waals surface area (Å²) in [7, 11) is 0. The fraction of sp³-hybridized carbons (Fsp3) is 0.243. The topological polar surface area (TPSA) is 0 Å². The highest BCUT2D eigenvalue weighted by Crippen LogP contribution is 2.44. The molecule has 0 spiro atoms. The number of rotatable bonds is 2. The summed E-state index contributed by atoms with van der Waals surface area (Å²) in [6.45, 7) is 13.7. The first-order valence-electron chi connectivity index (χ1n) is 13.5. The molecule has 1 aliphatic carbocycles. The van der Waals surface area contributed by atoms with Crippen molar-refractivity contribution in [3.8, 4) is 33.4 Å². The van der Waals surface area contributed by atoms with Gasteiger partial charge in [-0.3, -0.25) is 0 Å². The zero-order valence-electron chi connectivity index (χ0n) is 22.9. The molecule has 5 aromatic rings. The number of fused-ring (bicyclic) bond motifs is 4. The molecule has 0 atom stereocenters. The molecule has 0 heteroatoms. The van der Waals surface area contributed by atoms with Crippen LogP contribution in [0, 0.1) is 0 Å². The normalized spacial score (nSPS) is 13.0. The second-order valence-corrected chi connectivity index (χ2v) is 12.7. The number of hydrogen-bond acceptors (Lipinski definition) is 0. The van der Waals surface area contributed by atoms with E-state index in [0.29, 0.717) is 0 Å². The molecule has 0 saturated heterocycles. The Kier molecular flexibility index (Phi) is 5.42. The first-order chi connectivity index (χ1) is 17.6. The van der Waals surface area contributed by atoms with Crippen LogP contribution in [0.4, 0.5) is 0 Å². The van der Waals surface area contributed by atoms with Gasteiger partial charge >= 0.3 is 0 Å². The van der Waals surface area contributed by atoms with Gasteiger partial charge in [-0.1, -0.05) is 126 Å². The largest absolute Gasteiger partial charge is 0.0619 e. The zero-order chi connectivity index (χ0) is 25.9. The van der Waals surface area contributed by atoms with Gasteiger partial charge in [-0.2, -0.15) is 0 Å². The van der Waals surface area contributed by atoms with Gasteiger partial charge in [-0.15, -0.1) is 0 Å². The lowest BCUT2D eigenvalue weighted by Crippen LogP contribution is -2.10. The van der Waals surface area contributed by atoms with E-state index in [1.54, 1.807) is 0 Å². The lowest BCUT2D eigenvalue weighted by molar-refractivity contribution is 0.590. The summed E-state index contributed by atoms with van der Waals surface area (Å²) in [5.74, 6) is 0. The van der Waals surface area contributed by atoms with Gasteiger partial charge in [0.2, 0.25) is 0 Å². The summed E-state index contributed by atoms with van der Waals surface area (Å²) in [5.41, 5.74) is 13.8. The summed E-state index contributed by atoms with van der Waals surface area (Å²) >= 11 is 0. The van der Waals surface area contributed by atoms with Crippen molar-refractivity contribution in [3.05, 3.63) is 119 Å². The summed E-state index contributed by atoms with van der Waals surface area (Å²) in [6, 6.07) is 36.8. The Morgan fingerprint density at radius 1 is 0.432 bits per heavy atom. The third-order valence-corrected chi connectivity index (χ3v) is 8.05. The molecule has 0 radical (unpaired) electrons. The lowest BCUT2D eigenvalue weighted by Gasteiger charge is -2.20. The fourth-order valence-corrected chi connectivity index (χ4v) is 5.78. The highest BCUT2D eigenvalue weighted by atomic mass is 14.3. The van der Waals surface area contributed by atoms with Gasteiger partial charge in [0, 0.05) is 0 Å². The predicted molar refractivity (Wildman–Crippen MR) is 160 cm³/mol. The Hall–Kier alpha value is -3.64. The van der Waals surface area contributed by atoms with E-state index in [0.717, 1.165) is 6.42 Å². The summed E-state index contributed by atoms with van der Waals surface area (Å²) in [6.07, 6.45) is 1.01. The molecule has 1 aliphatic rings. The van der Waals surface area contributed by atoms with E-state index in [1.807, 2.05) is 0 Å². The van der Waals surface area contributed by atoms with E-state index in [2.05, 4.69) is 139 Å². The van der Waals surface area contributed by atoms with E-state index in [1.165, 1.54) is 66.4 Å². The van der Waals surface area contributed by atoms with Crippen molar-refractivity contribution in [1.82, 2.24) is 0 Å². The van der Waals surface area contributed by atoms with Gasteiger partial charge in [-0.05, 0) is 95.8 Å². The van der Waals surface area contributed by atoms with E-state index >= 15 is 0 Å². The van der Waals surface area contributed by atoms with Crippen molar-refractivity contribution >= 4 is 10.8 Å². The Morgan fingerprint density at radius 3 is 1.43 bits per heavy atom. The zero-order valence-corrected chi connectivity index (χ0v) is 22.9. The van der Waals surface area contributed by atoms with E-state index in [9.17, 15) is 0 Å². The minimum atomic E-state index is 0.147. The Morgan fingerprint density at radius 2 is 0.919 bits per heavy atom. The van der Waals surface area contributed by atoms with Crippen molar-refractivity contribution < 1.29 is 0 Å². The van der Waals surface area contributed by atoms with Crippen LogP contribution in [0.3, 0.4) is 0 Å². The number of hydrogen-bond donors (Lipinski definition) is 0. The van der Waals surface area contributed by atoms with Gasteiger partial charge < -0.3 is 0 Å². The summed E-state index contributed by atoms with van der Waals surface area (Å²) in [4.78, 5) is 0. The van der Waals surface area contributed by atoms with Crippen molar-refractivity contribution in [2.24, 2.45) is 0 Å². The van der Waals surface area contributed by atoms with Crippen LogP contribution in [0.25, 0.3) is 44.2 Å². The quantitative estimate of drug-likeness (QED) is 0.231. The van der Waals surface area contributed by atoms with E-state index in [-0.39, 0.29) is 10.8 Å². The van der Waals surface area contributed by atoms with E-state index < -0.39 is 0 Å². The number of benzene rings is 5. The Bertz CT molecular complexity index is 1620. The third-order valence-electron chi connectivity index (χ3n) is 8.05. The molecule has 0 nitrogen and oxygen atoms in total. The maximum absolute atomic E-state index is 2.46. The Labute approximate surface area is 222 Å². The summed E-state index contributed by atoms with van der Waals surface area (Å²) < 4.78 is 0. The van der Waals surface area contributed by atoms with Crippen LogP contribution in [-0.2, 0) is 17.3 Å². The Balaban J connectivity index is 1.57. The molecule has 0 bridgehead atoms. The van der Waals surface area contributed by atoms with Crippen molar-refractivity contribution in [2.75, 3.05) is 0 Å². The van der Waals surface area contributed by atoms with Crippen LogP contribution in [-0.4, -0.2) is 0 Å². The van der Waals surface area contributed by atoms with Crippen molar-refractivity contribution in [2.45, 2.75) is 58.8 Å². The minimum Gasteiger partial charge on any atom is -0.0619 e. The average Bonchev–Trinajstić information content (AvgIpc) is 3.23. The first kappa shape index (κ1) is 23.7. The molecule has 6 rings (SSSR count).